The molecule has 0 atom stereocenters. The van der Waals surface area contributed by atoms with Crippen LogP contribution < -0.4 is 276 Å². The quantitative estimate of drug-likeness (QED) is 0.333. The Bertz CT molecular complexity index is 161. The molecule has 0 heterocycles. The normalized spacial score (nSPS) is 8.27. The van der Waals surface area contributed by atoms with E-state index in [1.165, 1.54) is 0 Å². The zero-order chi connectivity index (χ0) is 7.71. The second kappa shape index (κ2) is 22.4. The van der Waals surface area contributed by atoms with E-state index in [9.17, 15) is 28.7 Å². The van der Waals surface area contributed by atoms with Crippen molar-refractivity contribution in [1.82, 2.24) is 0 Å². The van der Waals surface area contributed by atoms with Gasteiger partial charge in [0.2, 0.25) is 0 Å². The molecule has 15 heavy (non-hydrogen) atoms. The summed E-state index contributed by atoms with van der Waals surface area (Å²) in [4.78, 5) is 37.3. The Balaban J connectivity index is -0.0000000213. The molecule has 0 rings (SSSR count). The van der Waals surface area contributed by atoms with Crippen molar-refractivity contribution >= 4 is 15.6 Å². The third-order valence-electron chi connectivity index (χ3n) is 0.200. The Kier molecular flexibility index (Phi) is 65.2. The topological polar surface area (TPSA) is 166 Å². The number of hydrogen-bond acceptors (Lipinski definition) is 8. The fraction of sp³-hybridized carbons (Fsp3) is 0. The fourth-order valence-corrected chi connectivity index (χ4v) is 1.10. The van der Waals surface area contributed by atoms with Crippen molar-refractivity contribution in [3.8, 4) is 0 Å². The minimum Gasteiger partial charge on any atom is -0.870 e. The van der Waals surface area contributed by atoms with Gasteiger partial charge in [0.1, 0.15) is 0 Å². The minimum atomic E-state index is -5.68. The second-order valence-electron chi connectivity index (χ2n) is 0.976. The standard InChI is InChI=1S/5K.H4O7P2.H2O/c;;;;;1-8(2,3)7-9(4,5)6;/h;;;;;(H2,1,2,3)(H2,4,5,6);1H2/q5*+1;;/p-5. The molecule has 0 aromatic carbocycles. The predicted octanol–water partition coefficient (Wildman–Crippen LogP) is -18.5. The maximum Gasteiger partial charge on any atom is 1.00 e. The monoisotopic (exact) mass is 386 g/mol. The summed E-state index contributed by atoms with van der Waals surface area (Å²) in [5.74, 6) is 0. The van der Waals surface area contributed by atoms with Crippen LogP contribution >= 0.6 is 15.6 Å². The van der Waals surface area contributed by atoms with Gasteiger partial charge in [0, 0.05) is 0 Å². The maximum atomic E-state index is 9.32. The van der Waals surface area contributed by atoms with Crippen molar-refractivity contribution in [1.29, 1.82) is 0 Å². The Morgan fingerprint density at radius 2 is 0.800 bits per heavy atom. The van der Waals surface area contributed by atoms with E-state index in [-0.39, 0.29) is 262 Å². The molecule has 0 saturated heterocycles. The first-order chi connectivity index (χ1) is 3.71. The van der Waals surface area contributed by atoms with Crippen molar-refractivity contribution in [2.75, 3.05) is 0 Å². The van der Waals surface area contributed by atoms with Crippen LogP contribution in [0.4, 0.5) is 0 Å². The summed E-state index contributed by atoms with van der Waals surface area (Å²) in [6.45, 7) is 0. The first-order valence-electron chi connectivity index (χ1n) is 1.46. The van der Waals surface area contributed by atoms with Crippen molar-refractivity contribution in [2.45, 2.75) is 0 Å². The van der Waals surface area contributed by atoms with E-state index in [1.54, 1.807) is 0 Å². The number of hydrogen-bond donors (Lipinski definition) is 0. The summed E-state index contributed by atoms with van der Waals surface area (Å²) in [6, 6.07) is 0. The van der Waals surface area contributed by atoms with Gasteiger partial charge in [-0.25, -0.2) is 0 Å². The van der Waals surface area contributed by atoms with E-state index in [0.717, 1.165) is 0 Å². The molecule has 0 unspecified atom stereocenters. The van der Waals surface area contributed by atoms with E-state index in [4.69, 9.17) is 0 Å². The molecule has 0 amide bonds. The largest absolute Gasteiger partial charge is 1.00 e. The van der Waals surface area contributed by atoms with E-state index >= 15 is 0 Å². The summed E-state index contributed by atoms with van der Waals surface area (Å²) in [7, 11) is -11.4. The molecule has 1 N–H and O–H groups in total. The van der Waals surface area contributed by atoms with Gasteiger partial charge in [-0.1, -0.05) is 0 Å². The molecule has 0 spiro atoms. The average Bonchev–Trinajstić information content (AvgIpc) is 1.14. The SMILES string of the molecule is O=P([O-])([O-])OP(=O)([O-])[O-].[K+].[K+].[K+].[K+].[K+].[OH-]. The summed E-state index contributed by atoms with van der Waals surface area (Å²) in [5, 5.41) is 0. The zero-order valence-corrected chi connectivity index (χ0v) is 26.6. The number of rotatable bonds is 2. The van der Waals surface area contributed by atoms with Crippen molar-refractivity contribution in [2.24, 2.45) is 0 Å². The van der Waals surface area contributed by atoms with Crippen LogP contribution in [0, 0.1) is 0 Å². The van der Waals surface area contributed by atoms with E-state index in [2.05, 4.69) is 4.31 Å². The molecule has 0 saturated carbocycles. The molecule has 8 nitrogen and oxygen atoms in total. The second-order valence-corrected chi connectivity index (χ2v) is 3.42. The minimum absolute atomic E-state index is 0. The molecule has 15 heteroatoms. The van der Waals surface area contributed by atoms with Gasteiger partial charge in [-0.05, 0) is 0 Å². The molecule has 0 radical (unpaired) electrons. The van der Waals surface area contributed by atoms with Crippen LogP contribution in [0.5, 0.6) is 0 Å². The van der Waals surface area contributed by atoms with Crippen molar-refractivity contribution < 1.29 is 295 Å². The van der Waals surface area contributed by atoms with Crippen molar-refractivity contribution in [3.63, 3.8) is 0 Å². The van der Waals surface area contributed by atoms with Gasteiger partial charge < -0.3 is 38.5 Å². The molecule has 0 aromatic heterocycles. The molecule has 0 aliphatic carbocycles. The van der Waals surface area contributed by atoms with Gasteiger partial charge >= 0.3 is 257 Å². The van der Waals surface area contributed by atoms with Crippen LogP contribution in [0.15, 0.2) is 0 Å². The molecule has 0 bridgehead atoms. The average molecular weight is 386 g/mol. The third kappa shape index (κ3) is 45.0. The Morgan fingerprint density at radius 3 is 0.800 bits per heavy atom. The first-order valence-corrected chi connectivity index (χ1v) is 4.38. The maximum absolute atomic E-state index is 9.32. The van der Waals surface area contributed by atoms with E-state index in [1.807, 2.05) is 0 Å². The summed E-state index contributed by atoms with van der Waals surface area (Å²) in [6.07, 6.45) is 0. The van der Waals surface area contributed by atoms with Crippen LogP contribution in [-0.2, 0) is 13.4 Å². The summed E-state index contributed by atoms with van der Waals surface area (Å²) >= 11 is 0. The van der Waals surface area contributed by atoms with Gasteiger partial charge in [-0.2, -0.15) is 0 Å². The summed E-state index contributed by atoms with van der Waals surface area (Å²) < 4.78 is 21.2. The smallest absolute Gasteiger partial charge is 0.870 e. The van der Waals surface area contributed by atoms with Gasteiger partial charge in [0.15, 0.2) is 0 Å². The molecule has 0 fully saturated rings. The Labute approximate surface area is 300 Å². The molecule has 64 valence electrons. The fourth-order valence-electron chi connectivity index (χ4n) is 0.122. The zero-order valence-electron chi connectivity index (χ0n) is 9.20. The summed E-state index contributed by atoms with van der Waals surface area (Å²) in [5.41, 5.74) is 0. The van der Waals surface area contributed by atoms with Crippen LogP contribution in [-0.4, -0.2) is 5.48 Å². The first kappa shape index (κ1) is 43.7. The van der Waals surface area contributed by atoms with E-state index < -0.39 is 15.6 Å². The van der Waals surface area contributed by atoms with Crippen LogP contribution in [0.2, 0.25) is 0 Å². The third-order valence-corrected chi connectivity index (χ3v) is 1.80. The van der Waals surface area contributed by atoms with Crippen LogP contribution in [0.3, 0.4) is 0 Å². The van der Waals surface area contributed by atoms with Crippen molar-refractivity contribution in [3.05, 3.63) is 0 Å². The molecular formula is HK5O8P2. The predicted molar refractivity (Wildman–Crippen MR) is 18.2 cm³/mol. The van der Waals surface area contributed by atoms with Crippen LogP contribution in [0.1, 0.15) is 0 Å². The Hall–Kier alpha value is 8.40. The van der Waals surface area contributed by atoms with E-state index in [0.29, 0.717) is 0 Å². The van der Waals surface area contributed by atoms with Gasteiger partial charge in [-0.15, -0.1) is 0 Å². The van der Waals surface area contributed by atoms with Gasteiger partial charge in [0.05, 0.1) is 15.6 Å². The molecule has 0 aliphatic rings. The molecule has 0 aliphatic heterocycles. The van der Waals surface area contributed by atoms with Crippen LogP contribution in [0.25, 0.3) is 0 Å². The molecule has 0 aromatic rings. The van der Waals surface area contributed by atoms with Gasteiger partial charge in [-0.3, -0.25) is 0 Å². The number of phosphoric acid groups is 2. The Morgan fingerprint density at radius 1 is 0.667 bits per heavy atom. The molecular weight excluding hydrogens is 385 g/mol. The van der Waals surface area contributed by atoms with Gasteiger partial charge in [0.25, 0.3) is 0 Å².